The van der Waals surface area contributed by atoms with Crippen molar-refractivity contribution < 1.29 is 9.18 Å². The summed E-state index contributed by atoms with van der Waals surface area (Å²) in [7, 11) is 0. The summed E-state index contributed by atoms with van der Waals surface area (Å²) in [6, 6.07) is 8.16. The second-order valence-corrected chi connectivity index (χ2v) is 6.17. The Hall–Kier alpha value is -1.88. The summed E-state index contributed by atoms with van der Waals surface area (Å²) in [5.41, 5.74) is 2.25. The van der Waals surface area contributed by atoms with E-state index in [1.165, 1.54) is 12.1 Å². The third-order valence-corrected chi connectivity index (χ3v) is 4.61. The number of benzene rings is 1. The number of thioether (sulfide) groups is 1. The van der Waals surface area contributed by atoms with Gasteiger partial charge in [-0.2, -0.15) is 0 Å². The molecule has 3 rings (SSSR count). The van der Waals surface area contributed by atoms with Gasteiger partial charge < -0.3 is 5.32 Å². The first-order chi connectivity index (χ1) is 10.1. The summed E-state index contributed by atoms with van der Waals surface area (Å²) in [5.74, 6) is 0.470. The highest BCUT2D eigenvalue weighted by atomic mass is 32.2. The van der Waals surface area contributed by atoms with Gasteiger partial charge in [-0.3, -0.25) is 9.78 Å². The van der Waals surface area contributed by atoms with Crippen LogP contribution in [0.15, 0.2) is 41.4 Å². The first-order valence-electron chi connectivity index (χ1n) is 6.79. The first-order valence-corrected chi connectivity index (χ1v) is 7.78. The zero-order chi connectivity index (χ0) is 14.8. The van der Waals surface area contributed by atoms with Crippen LogP contribution in [0, 0.1) is 12.7 Å². The largest absolute Gasteiger partial charge is 0.345 e. The van der Waals surface area contributed by atoms with Gasteiger partial charge >= 0.3 is 0 Å². The van der Waals surface area contributed by atoms with Crippen LogP contribution in [0.3, 0.4) is 0 Å². The molecule has 1 aromatic carbocycles. The van der Waals surface area contributed by atoms with Crippen LogP contribution in [0.1, 0.15) is 34.1 Å². The molecule has 1 amide bonds. The van der Waals surface area contributed by atoms with Crippen molar-refractivity contribution in [3.8, 4) is 0 Å². The minimum absolute atomic E-state index is 0.147. The Morgan fingerprint density at radius 3 is 3.00 bits per heavy atom. The minimum Gasteiger partial charge on any atom is -0.345 e. The molecular formula is C16H15FN2OS. The van der Waals surface area contributed by atoms with Gasteiger partial charge in [0.15, 0.2) is 0 Å². The summed E-state index contributed by atoms with van der Waals surface area (Å²) in [5, 5.41) is 2.98. The maximum Gasteiger partial charge on any atom is 0.253 e. The second kappa shape index (κ2) is 5.85. The molecule has 1 atom stereocenters. The lowest BCUT2D eigenvalue weighted by Crippen LogP contribution is -2.30. The van der Waals surface area contributed by atoms with Gasteiger partial charge in [0.05, 0.1) is 11.6 Å². The normalized spacial score (nSPS) is 17.1. The van der Waals surface area contributed by atoms with E-state index in [2.05, 4.69) is 10.3 Å². The maximum absolute atomic E-state index is 13.4. The third-order valence-electron chi connectivity index (χ3n) is 3.49. The van der Waals surface area contributed by atoms with Crippen LogP contribution < -0.4 is 5.32 Å². The SMILES string of the molecule is Cc1ccc(C(=O)NC2CCSc3ccc(F)cc32)cn1. The number of carbonyl (C=O) groups is 1. The number of halogens is 1. The summed E-state index contributed by atoms with van der Waals surface area (Å²) in [6.07, 6.45) is 2.36. The molecule has 2 aromatic rings. The number of carbonyl (C=O) groups excluding carboxylic acids is 1. The van der Waals surface area contributed by atoms with Gasteiger partial charge in [-0.05, 0) is 49.2 Å². The highest BCUT2D eigenvalue weighted by molar-refractivity contribution is 7.99. The van der Waals surface area contributed by atoms with Gasteiger partial charge in [0, 0.05) is 22.5 Å². The van der Waals surface area contributed by atoms with Crippen molar-refractivity contribution in [3.63, 3.8) is 0 Å². The zero-order valence-electron chi connectivity index (χ0n) is 11.6. The number of amides is 1. The number of nitrogens with one attached hydrogen (secondary N) is 1. The van der Waals surface area contributed by atoms with Gasteiger partial charge in [0.2, 0.25) is 0 Å². The van der Waals surface area contributed by atoms with Crippen LogP contribution >= 0.6 is 11.8 Å². The summed E-state index contributed by atoms with van der Waals surface area (Å²) < 4.78 is 13.4. The second-order valence-electron chi connectivity index (χ2n) is 5.03. The van der Waals surface area contributed by atoms with E-state index in [0.717, 1.165) is 28.3 Å². The van der Waals surface area contributed by atoms with E-state index in [1.54, 1.807) is 36.2 Å². The first kappa shape index (κ1) is 14.1. The molecule has 0 spiro atoms. The maximum atomic E-state index is 13.4. The molecule has 1 aliphatic heterocycles. The molecule has 0 bridgehead atoms. The quantitative estimate of drug-likeness (QED) is 0.923. The minimum atomic E-state index is -0.271. The molecule has 3 nitrogen and oxygen atoms in total. The van der Waals surface area contributed by atoms with Gasteiger partial charge in [0.25, 0.3) is 5.91 Å². The highest BCUT2D eigenvalue weighted by Crippen LogP contribution is 2.36. The van der Waals surface area contributed by atoms with E-state index >= 15 is 0 Å². The van der Waals surface area contributed by atoms with E-state index in [1.807, 2.05) is 6.92 Å². The highest BCUT2D eigenvalue weighted by Gasteiger charge is 2.23. The lowest BCUT2D eigenvalue weighted by atomic mass is 10.0. The smallest absolute Gasteiger partial charge is 0.253 e. The Bertz CT molecular complexity index is 672. The predicted molar refractivity (Wildman–Crippen MR) is 80.9 cm³/mol. The molecule has 108 valence electrons. The summed E-state index contributed by atoms with van der Waals surface area (Å²) >= 11 is 1.70. The molecule has 5 heteroatoms. The van der Waals surface area contributed by atoms with Crippen molar-refractivity contribution in [2.75, 3.05) is 5.75 Å². The van der Waals surface area contributed by atoms with E-state index in [4.69, 9.17) is 0 Å². The number of nitrogens with zero attached hydrogens (tertiary/aromatic N) is 1. The Morgan fingerprint density at radius 1 is 1.38 bits per heavy atom. The van der Waals surface area contributed by atoms with E-state index in [9.17, 15) is 9.18 Å². The van der Waals surface area contributed by atoms with Crippen molar-refractivity contribution >= 4 is 17.7 Å². The molecule has 21 heavy (non-hydrogen) atoms. The van der Waals surface area contributed by atoms with Gasteiger partial charge in [0.1, 0.15) is 5.82 Å². The number of pyridine rings is 1. The number of aromatic nitrogens is 1. The number of aryl methyl sites for hydroxylation is 1. The molecule has 0 fully saturated rings. The molecule has 1 aromatic heterocycles. The van der Waals surface area contributed by atoms with Gasteiger partial charge in [-0.15, -0.1) is 11.8 Å². The molecule has 2 heterocycles. The summed E-state index contributed by atoms with van der Waals surface area (Å²) in [4.78, 5) is 17.4. The van der Waals surface area contributed by atoms with Crippen LogP contribution in [0.25, 0.3) is 0 Å². The van der Waals surface area contributed by atoms with Crippen molar-refractivity contribution in [1.29, 1.82) is 0 Å². The van der Waals surface area contributed by atoms with Crippen LogP contribution in [-0.4, -0.2) is 16.6 Å². The van der Waals surface area contributed by atoms with Crippen molar-refractivity contribution in [1.82, 2.24) is 10.3 Å². The molecule has 1 unspecified atom stereocenters. The standard InChI is InChI=1S/C16H15FN2OS/c1-10-2-3-11(9-18-10)16(20)19-14-6-7-21-15-5-4-12(17)8-13(14)15/h2-5,8-9,14H,6-7H2,1H3,(H,19,20). The molecule has 0 saturated carbocycles. The van der Waals surface area contributed by atoms with Crippen LogP contribution in [0.5, 0.6) is 0 Å². The molecule has 0 aliphatic carbocycles. The molecule has 1 aliphatic rings. The number of hydrogen-bond donors (Lipinski definition) is 1. The average Bonchev–Trinajstić information content (AvgIpc) is 2.48. The Labute approximate surface area is 127 Å². The van der Waals surface area contributed by atoms with E-state index in [0.29, 0.717) is 5.56 Å². The fraction of sp³-hybridized carbons (Fsp3) is 0.250. The molecule has 0 radical (unpaired) electrons. The number of rotatable bonds is 2. The van der Waals surface area contributed by atoms with Gasteiger partial charge in [-0.25, -0.2) is 4.39 Å². The Kier molecular flexibility index (Phi) is 3.92. The van der Waals surface area contributed by atoms with Crippen LogP contribution in [-0.2, 0) is 0 Å². The third kappa shape index (κ3) is 3.08. The number of fused-ring (bicyclic) bond motifs is 1. The Morgan fingerprint density at radius 2 is 2.24 bits per heavy atom. The zero-order valence-corrected chi connectivity index (χ0v) is 12.4. The average molecular weight is 302 g/mol. The monoisotopic (exact) mass is 302 g/mol. The fourth-order valence-electron chi connectivity index (χ4n) is 2.36. The van der Waals surface area contributed by atoms with Crippen molar-refractivity contribution in [2.45, 2.75) is 24.3 Å². The topological polar surface area (TPSA) is 42.0 Å². The van der Waals surface area contributed by atoms with Crippen molar-refractivity contribution in [3.05, 3.63) is 59.2 Å². The molecule has 1 N–H and O–H groups in total. The lowest BCUT2D eigenvalue weighted by molar-refractivity contribution is 0.0934. The number of hydrogen-bond acceptors (Lipinski definition) is 3. The molecule has 0 saturated heterocycles. The van der Waals surface area contributed by atoms with E-state index in [-0.39, 0.29) is 17.8 Å². The van der Waals surface area contributed by atoms with Crippen LogP contribution in [0.2, 0.25) is 0 Å². The van der Waals surface area contributed by atoms with Crippen LogP contribution in [0.4, 0.5) is 4.39 Å². The van der Waals surface area contributed by atoms with Crippen molar-refractivity contribution in [2.24, 2.45) is 0 Å². The predicted octanol–water partition coefficient (Wildman–Crippen LogP) is 3.50. The lowest BCUT2D eigenvalue weighted by Gasteiger charge is -2.26. The van der Waals surface area contributed by atoms with E-state index < -0.39 is 0 Å². The van der Waals surface area contributed by atoms with Gasteiger partial charge in [-0.1, -0.05) is 0 Å². The molecular weight excluding hydrogens is 287 g/mol. The Balaban J connectivity index is 1.81. The summed E-state index contributed by atoms with van der Waals surface area (Å²) in [6.45, 7) is 1.87. The fourth-order valence-corrected chi connectivity index (χ4v) is 3.46.